The second kappa shape index (κ2) is 7.08. The molecule has 1 saturated carbocycles. The van der Waals surface area contributed by atoms with Gasteiger partial charge < -0.3 is 10.0 Å². The van der Waals surface area contributed by atoms with Crippen molar-refractivity contribution >= 4 is 5.91 Å². The van der Waals surface area contributed by atoms with Crippen molar-refractivity contribution in [3.8, 4) is 0 Å². The number of hydrogen-bond donors (Lipinski definition) is 1. The summed E-state index contributed by atoms with van der Waals surface area (Å²) in [6, 6.07) is 2.63. The molecule has 3 rings (SSSR count). The molecule has 150 valence electrons. The molecule has 1 aromatic rings. The fraction of sp³-hybridized carbons (Fsp3) is 0.700. The van der Waals surface area contributed by atoms with Crippen LogP contribution >= 0.6 is 0 Å². The van der Waals surface area contributed by atoms with Crippen molar-refractivity contribution in [3.63, 3.8) is 0 Å². The van der Waals surface area contributed by atoms with Crippen LogP contribution in [-0.4, -0.2) is 40.6 Å². The number of halogens is 3. The Hall–Kier alpha value is -1.63. The molecule has 2 fully saturated rings. The third-order valence-corrected chi connectivity index (χ3v) is 6.40. The molecule has 0 bridgehead atoms. The van der Waals surface area contributed by atoms with Gasteiger partial charge in [0, 0.05) is 35.8 Å². The van der Waals surface area contributed by atoms with E-state index in [1.54, 1.807) is 0 Å². The van der Waals surface area contributed by atoms with E-state index in [1.165, 1.54) is 13.0 Å². The summed E-state index contributed by atoms with van der Waals surface area (Å²) in [5, 5.41) is 9.27. The fourth-order valence-corrected chi connectivity index (χ4v) is 4.60. The molecule has 7 heteroatoms. The Morgan fingerprint density at radius 1 is 1.37 bits per heavy atom. The predicted molar refractivity (Wildman–Crippen MR) is 95.0 cm³/mol. The summed E-state index contributed by atoms with van der Waals surface area (Å²) >= 11 is 0. The van der Waals surface area contributed by atoms with Gasteiger partial charge in [-0.15, -0.1) is 0 Å². The quantitative estimate of drug-likeness (QED) is 0.841. The van der Waals surface area contributed by atoms with E-state index >= 15 is 0 Å². The Kier molecular flexibility index (Phi) is 5.27. The summed E-state index contributed by atoms with van der Waals surface area (Å²) in [6.45, 7) is 6.66. The Morgan fingerprint density at radius 3 is 2.48 bits per heavy atom. The Labute approximate surface area is 157 Å². The van der Waals surface area contributed by atoms with Gasteiger partial charge in [-0.05, 0) is 44.2 Å². The number of aliphatic hydroxyl groups excluding tert-OH is 1. The van der Waals surface area contributed by atoms with Crippen LogP contribution in [0.5, 0.6) is 0 Å². The average Bonchev–Trinajstić information content (AvgIpc) is 2.51. The molecule has 0 aromatic carbocycles. The smallest absolute Gasteiger partial charge is 0.396 e. The molecule has 27 heavy (non-hydrogen) atoms. The van der Waals surface area contributed by atoms with Crippen molar-refractivity contribution in [1.82, 2.24) is 9.88 Å². The van der Waals surface area contributed by atoms with E-state index in [2.05, 4.69) is 4.98 Å². The first-order valence-electron chi connectivity index (χ1n) is 9.54. The first kappa shape index (κ1) is 20.1. The van der Waals surface area contributed by atoms with Crippen LogP contribution in [0.1, 0.15) is 56.0 Å². The number of carbonyl (C=O) groups excluding carboxylic acids is 1. The molecule has 1 spiro atoms. The van der Waals surface area contributed by atoms with E-state index in [0.717, 1.165) is 32.0 Å². The highest BCUT2D eigenvalue weighted by atomic mass is 19.4. The maximum atomic E-state index is 12.9. The molecule has 0 radical (unpaired) electrons. The summed E-state index contributed by atoms with van der Waals surface area (Å²) in [5.41, 5.74) is 0.212. The average molecular weight is 384 g/mol. The van der Waals surface area contributed by atoms with Gasteiger partial charge in [0.25, 0.3) is 0 Å². The number of amides is 1. The highest BCUT2D eigenvalue weighted by Gasteiger charge is 2.55. The first-order chi connectivity index (χ1) is 12.6. The monoisotopic (exact) mass is 384 g/mol. The normalized spacial score (nSPS) is 21.5. The van der Waals surface area contributed by atoms with Crippen molar-refractivity contribution in [3.05, 3.63) is 29.1 Å². The van der Waals surface area contributed by atoms with Gasteiger partial charge in [0.05, 0.1) is 18.1 Å². The zero-order valence-electron chi connectivity index (χ0n) is 16.0. The molecule has 1 saturated heterocycles. The number of likely N-dealkylation sites (tertiary alicyclic amines) is 1. The lowest BCUT2D eigenvalue weighted by Gasteiger charge is -2.60. The van der Waals surface area contributed by atoms with Crippen LogP contribution in [0.4, 0.5) is 13.2 Å². The van der Waals surface area contributed by atoms with E-state index in [0.29, 0.717) is 18.0 Å². The summed E-state index contributed by atoms with van der Waals surface area (Å²) in [6.07, 6.45) is -1.80. The second-order valence-corrected chi connectivity index (χ2v) is 8.31. The summed E-state index contributed by atoms with van der Waals surface area (Å²) < 4.78 is 38.7. The largest absolute Gasteiger partial charge is 0.418 e. The molecule has 1 aliphatic heterocycles. The number of rotatable bonds is 5. The number of alkyl halides is 3. The van der Waals surface area contributed by atoms with E-state index in [1.807, 2.05) is 18.7 Å². The van der Waals surface area contributed by atoms with Crippen molar-refractivity contribution in [2.75, 3.05) is 19.7 Å². The number of pyridine rings is 1. The fourth-order valence-electron chi connectivity index (χ4n) is 4.60. The van der Waals surface area contributed by atoms with Crippen LogP contribution in [0, 0.1) is 24.2 Å². The summed E-state index contributed by atoms with van der Waals surface area (Å²) in [4.78, 5) is 18.3. The van der Waals surface area contributed by atoms with E-state index < -0.39 is 11.7 Å². The molecule has 2 heterocycles. The van der Waals surface area contributed by atoms with Gasteiger partial charge in [-0.2, -0.15) is 13.2 Å². The third kappa shape index (κ3) is 3.71. The maximum absolute atomic E-state index is 12.9. The lowest BCUT2D eigenvalue weighted by molar-refractivity contribution is -0.161. The lowest BCUT2D eigenvalue weighted by atomic mass is 9.54. The molecule has 1 aromatic heterocycles. The molecule has 1 aliphatic carbocycles. The van der Waals surface area contributed by atoms with Crippen molar-refractivity contribution in [2.24, 2.45) is 17.3 Å². The van der Waals surface area contributed by atoms with Crippen LogP contribution in [0.2, 0.25) is 0 Å². The standard InChI is InChI=1S/C20H27F3N2O2/c1-4-14(9-26)18(27)25-10-19(11-25)7-15(8-19)12(2)17-6-5-16(13(3)24-17)20(21,22)23/h5-6,12,14-15,26H,4,7-11H2,1-3H3/t12-,14+/m0/s1. The van der Waals surface area contributed by atoms with Gasteiger partial charge in [-0.25, -0.2) is 0 Å². The zero-order chi connectivity index (χ0) is 20.0. The van der Waals surface area contributed by atoms with Gasteiger partial charge in [0.15, 0.2) is 0 Å². The zero-order valence-corrected chi connectivity index (χ0v) is 16.0. The number of carbonyl (C=O) groups is 1. The van der Waals surface area contributed by atoms with Crippen molar-refractivity contribution < 1.29 is 23.1 Å². The molecular formula is C20H27F3N2O2. The molecule has 1 amide bonds. The van der Waals surface area contributed by atoms with Crippen molar-refractivity contribution in [2.45, 2.75) is 52.1 Å². The molecular weight excluding hydrogens is 357 g/mol. The minimum absolute atomic E-state index is 0.0240. The Balaban J connectivity index is 1.56. The van der Waals surface area contributed by atoms with Gasteiger partial charge in [-0.3, -0.25) is 9.78 Å². The minimum atomic E-state index is -4.37. The van der Waals surface area contributed by atoms with E-state index in [4.69, 9.17) is 0 Å². The molecule has 4 nitrogen and oxygen atoms in total. The van der Waals surface area contributed by atoms with Gasteiger partial charge in [0.2, 0.25) is 5.91 Å². The number of nitrogens with zero attached hydrogens (tertiary/aromatic N) is 2. The number of aromatic nitrogens is 1. The van der Waals surface area contributed by atoms with Crippen LogP contribution in [0.25, 0.3) is 0 Å². The SMILES string of the molecule is CC[C@H](CO)C(=O)N1CC2(CC([C@H](C)c3ccc(C(F)(F)F)c(C)n3)C2)C1. The van der Waals surface area contributed by atoms with Gasteiger partial charge >= 0.3 is 6.18 Å². The van der Waals surface area contributed by atoms with Gasteiger partial charge in [-0.1, -0.05) is 13.8 Å². The van der Waals surface area contributed by atoms with Crippen molar-refractivity contribution in [1.29, 1.82) is 0 Å². The van der Waals surface area contributed by atoms with Crippen LogP contribution in [0.3, 0.4) is 0 Å². The predicted octanol–water partition coefficient (Wildman–Crippen LogP) is 3.77. The number of aliphatic hydroxyl groups is 1. The van der Waals surface area contributed by atoms with Crippen LogP contribution in [-0.2, 0) is 11.0 Å². The highest BCUT2D eigenvalue weighted by Crippen LogP contribution is 2.56. The topological polar surface area (TPSA) is 53.4 Å². The first-order valence-corrected chi connectivity index (χ1v) is 9.54. The number of aryl methyl sites for hydroxylation is 1. The summed E-state index contributed by atoms with van der Waals surface area (Å²) in [5.74, 6) is 0.200. The maximum Gasteiger partial charge on any atom is 0.418 e. The molecule has 1 N–H and O–H groups in total. The minimum Gasteiger partial charge on any atom is -0.396 e. The van der Waals surface area contributed by atoms with E-state index in [9.17, 15) is 23.1 Å². The third-order valence-electron chi connectivity index (χ3n) is 6.40. The summed E-state index contributed by atoms with van der Waals surface area (Å²) in [7, 11) is 0. The number of hydrogen-bond acceptors (Lipinski definition) is 3. The Morgan fingerprint density at radius 2 is 2.00 bits per heavy atom. The molecule has 0 unspecified atom stereocenters. The molecule has 2 atom stereocenters. The van der Waals surface area contributed by atoms with Crippen LogP contribution in [0.15, 0.2) is 12.1 Å². The Bertz CT molecular complexity index is 702. The highest BCUT2D eigenvalue weighted by molar-refractivity contribution is 5.80. The van der Waals surface area contributed by atoms with Gasteiger partial charge in [0.1, 0.15) is 0 Å². The van der Waals surface area contributed by atoms with E-state index in [-0.39, 0.29) is 35.5 Å². The second-order valence-electron chi connectivity index (χ2n) is 8.31. The van der Waals surface area contributed by atoms with Crippen LogP contribution < -0.4 is 0 Å². The lowest BCUT2D eigenvalue weighted by Crippen LogP contribution is -2.65. The molecule has 2 aliphatic rings.